The van der Waals surface area contributed by atoms with E-state index in [0.717, 1.165) is 17.7 Å². The van der Waals surface area contributed by atoms with Crippen molar-refractivity contribution < 1.29 is 9.59 Å². The molecule has 0 aliphatic carbocycles. The molecule has 6 heteroatoms. The minimum atomic E-state index is -0.211. The van der Waals surface area contributed by atoms with E-state index in [0.29, 0.717) is 17.9 Å². The molecule has 0 atom stereocenters. The molecule has 1 aromatic carbocycles. The van der Waals surface area contributed by atoms with Gasteiger partial charge in [0.05, 0.1) is 12.7 Å². The van der Waals surface area contributed by atoms with Crippen LogP contribution < -0.4 is 10.2 Å². The van der Waals surface area contributed by atoms with Gasteiger partial charge in [-0.3, -0.25) is 14.3 Å². The lowest BCUT2D eigenvalue weighted by atomic mass is 10.1. The summed E-state index contributed by atoms with van der Waals surface area (Å²) in [7, 11) is 0. The highest BCUT2D eigenvalue weighted by molar-refractivity contribution is 6.01. The Morgan fingerprint density at radius 2 is 2.17 bits per heavy atom. The van der Waals surface area contributed by atoms with Gasteiger partial charge < -0.3 is 10.2 Å². The molecule has 0 saturated heterocycles. The van der Waals surface area contributed by atoms with Crippen molar-refractivity contribution in [3.8, 4) is 0 Å². The van der Waals surface area contributed by atoms with Crippen molar-refractivity contribution in [3.05, 3.63) is 54.4 Å². The van der Waals surface area contributed by atoms with E-state index in [1.54, 1.807) is 17.2 Å². The van der Waals surface area contributed by atoms with Crippen LogP contribution >= 0.6 is 0 Å². The molecule has 0 spiro atoms. The van der Waals surface area contributed by atoms with Gasteiger partial charge in [0.15, 0.2) is 0 Å². The van der Waals surface area contributed by atoms with Crippen molar-refractivity contribution in [2.45, 2.75) is 33.9 Å². The Balaban J connectivity index is 2.35. The number of aromatic nitrogens is 2. The van der Waals surface area contributed by atoms with Crippen molar-refractivity contribution >= 4 is 23.2 Å². The van der Waals surface area contributed by atoms with Gasteiger partial charge in [-0.1, -0.05) is 12.6 Å². The Labute approximate surface area is 141 Å². The highest BCUT2D eigenvalue weighted by Crippen LogP contribution is 2.25. The van der Waals surface area contributed by atoms with Gasteiger partial charge in [-0.05, 0) is 37.6 Å². The molecule has 2 amide bonds. The Kier molecular flexibility index (Phi) is 5.52. The van der Waals surface area contributed by atoms with Gasteiger partial charge in [0.25, 0.3) is 5.91 Å². The molecule has 0 saturated carbocycles. The molecule has 0 fully saturated rings. The summed E-state index contributed by atoms with van der Waals surface area (Å²) < 4.78 is 1.81. The molecule has 0 radical (unpaired) electrons. The van der Waals surface area contributed by atoms with Gasteiger partial charge >= 0.3 is 0 Å². The second-order valence-corrected chi connectivity index (χ2v) is 5.51. The van der Waals surface area contributed by atoms with Gasteiger partial charge in [-0.15, -0.1) is 0 Å². The van der Waals surface area contributed by atoms with Crippen molar-refractivity contribution in [3.63, 3.8) is 0 Å². The molecule has 24 heavy (non-hydrogen) atoms. The third-order valence-corrected chi connectivity index (χ3v) is 3.64. The largest absolute Gasteiger partial charge is 0.326 e. The number of nitrogens with one attached hydrogen (secondary N) is 1. The molecule has 2 aromatic rings. The van der Waals surface area contributed by atoms with Crippen LogP contribution in [0.15, 0.2) is 43.2 Å². The van der Waals surface area contributed by atoms with E-state index < -0.39 is 0 Å². The number of carbonyl (C=O) groups excluding carboxylic acids is 2. The molecule has 0 bridgehead atoms. The molecule has 0 aliphatic heterocycles. The molecule has 0 aliphatic rings. The number of anilines is 2. The smallest absolute Gasteiger partial charge is 0.250 e. The number of benzene rings is 1. The highest BCUT2D eigenvalue weighted by Gasteiger charge is 2.16. The zero-order chi connectivity index (χ0) is 17.7. The zero-order valence-corrected chi connectivity index (χ0v) is 14.2. The van der Waals surface area contributed by atoms with Gasteiger partial charge in [-0.25, -0.2) is 0 Å². The lowest BCUT2D eigenvalue weighted by Gasteiger charge is -2.22. The fourth-order valence-corrected chi connectivity index (χ4v) is 2.35. The Bertz CT molecular complexity index is 764. The van der Waals surface area contributed by atoms with Crippen molar-refractivity contribution in [1.29, 1.82) is 0 Å². The van der Waals surface area contributed by atoms with Crippen LogP contribution in [0.3, 0.4) is 0 Å². The predicted octanol–water partition coefficient (Wildman–Crippen LogP) is 2.89. The number of hydrogen-bond donors (Lipinski definition) is 1. The van der Waals surface area contributed by atoms with Crippen LogP contribution in [0.2, 0.25) is 0 Å². The fraction of sp³-hybridized carbons (Fsp3) is 0.278. The maximum atomic E-state index is 12.3. The van der Waals surface area contributed by atoms with Gasteiger partial charge in [0.2, 0.25) is 5.91 Å². The summed E-state index contributed by atoms with van der Waals surface area (Å²) in [5.41, 5.74) is 3.23. The normalized spacial score (nSPS) is 10.3. The number of rotatable bonds is 6. The molecule has 1 N–H and O–H groups in total. The lowest BCUT2D eigenvalue weighted by molar-refractivity contribution is -0.115. The van der Waals surface area contributed by atoms with E-state index in [1.165, 1.54) is 13.0 Å². The number of hydrogen-bond acceptors (Lipinski definition) is 3. The van der Waals surface area contributed by atoms with Crippen LogP contribution in [0.5, 0.6) is 0 Å². The first-order valence-electron chi connectivity index (χ1n) is 7.78. The first-order chi connectivity index (χ1) is 11.4. The number of aryl methyl sites for hydroxylation is 2. The van der Waals surface area contributed by atoms with E-state index in [2.05, 4.69) is 17.0 Å². The van der Waals surface area contributed by atoms with Crippen molar-refractivity contribution in [1.82, 2.24) is 9.78 Å². The third kappa shape index (κ3) is 4.10. The molecule has 2 rings (SSSR count). The average molecular weight is 326 g/mol. The van der Waals surface area contributed by atoms with Crippen LogP contribution in [-0.4, -0.2) is 21.6 Å². The van der Waals surface area contributed by atoms with E-state index in [9.17, 15) is 9.59 Å². The van der Waals surface area contributed by atoms with E-state index in [1.807, 2.05) is 36.9 Å². The maximum Gasteiger partial charge on any atom is 0.250 e. The zero-order valence-electron chi connectivity index (χ0n) is 14.2. The number of amides is 2. The number of nitrogens with zero attached hydrogens (tertiary/aromatic N) is 3. The SMILES string of the molecule is C=CC(=O)N(Cc1cnn(CC)c1)c1ccc(C)c(NC(C)=O)c1. The molecule has 0 unspecified atom stereocenters. The summed E-state index contributed by atoms with van der Waals surface area (Å²) in [5.74, 6) is -0.363. The molecular formula is C18H22N4O2. The first kappa shape index (κ1) is 17.5. The average Bonchev–Trinajstić information content (AvgIpc) is 3.01. The summed E-state index contributed by atoms with van der Waals surface area (Å²) in [6, 6.07) is 5.52. The summed E-state index contributed by atoms with van der Waals surface area (Å²) in [6.45, 7) is 10.1. The quantitative estimate of drug-likeness (QED) is 0.830. The predicted molar refractivity (Wildman–Crippen MR) is 94.8 cm³/mol. The van der Waals surface area contributed by atoms with Crippen LogP contribution in [0.25, 0.3) is 0 Å². The van der Waals surface area contributed by atoms with Crippen LogP contribution in [0, 0.1) is 6.92 Å². The standard InChI is InChI=1S/C18H22N4O2/c1-5-18(24)22(12-15-10-19-21(6-2)11-15)16-8-7-13(3)17(9-16)20-14(4)23/h5,7-11H,1,6,12H2,2-4H3,(H,20,23). The highest BCUT2D eigenvalue weighted by atomic mass is 16.2. The van der Waals surface area contributed by atoms with Gasteiger partial charge in [0.1, 0.15) is 0 Å². The first-order valence-corrected chi connectivity index (χ1v) is 7.78. The molecule has 1 heterocycles. The summed E-state index contributed by atoms with van der Waals surface area (Å²) in [5, 5.41) is 7.02. The molecule has 126 valence electrons. The van der Waals surface area contributed by atoms with E-state index >= 15 is 0 Å². The fourth-order valence-electron chi connectivity index (χ4n) is 2.35. The topological polar surface area (TPSA) is 67.2 Å². The second kappa shape index (κ2) is 7.59. The van der Waals surface area contributed by atoms with Gasteiger partial charge in [0, 0.05) is 36.6 Å². The molecular weight excluding hydrogens is 304 g/mol. The minimum Gasteiger partial charge on any atom is -0.326 e. The lowest BCUT2D eigenvalue weighted by Crippen LogP contribution is -2.28. The monoisotopic (exact) mass is 326 g/mol. The van der Waals surface area contributed by atoms with Crippen LogP contribution in [0.1, 0.15) is 25.0 Å². The van der Waals surface area contributed by atoms with Crippen LogP contribution in [-0.2, 0) is 22.7 Å². The van der Waals surface area contributed by atoms with Crippen molar-refractivity contribution in [2.24, 2.45) is 0 Å². The van der Waals surface area contributed by atoms with Gasteiger partial charge in [-0.2, -0.15) is 5.10 Å². The van der Waals surface area contributed by atoms with Crippen LogP contribution in [0.4, 0.5) is 11.4 Å². The summed E-state index contributed by atoms with van der Waals surface area (Å²) in [4.78, 5) is 25.3. The Morgan fingerprint density at radius 1 is 1.42 bits per heavy atom. The number of carbonyl (C=O) groups is 2. The maximum absolute atomic E-state index is 12.3. The Hall–Kier alpha value is -2.89. The van der Waals surface area contributed by atoms with E-state index in [-0.39, 0.29) is 11.8 Å². The Morgan fingerprint density at radius 3 is 2.75 bits per heavy atom. The second-order valence-electron chi connectivity index (χ2n) is 5.51. The summed E-state index contributed by atoms with van der Waals surface area (Å²) in [6.07, 6.45) is 4.93. The molecule has 6 nitrogen and oxygen atoms in total. The van der Waals surface area contributed by atoms with Crippen molar-refractivity contribution in [2.75, 3.05) is 10.2 Å². The minimum absolute atomic E-state index is 0.152. The molecule has 1 aromatic heterocycles. The van der Waals surface area contributed by atoms with E-state index in [4.69, 9.17) is 0 Å². The summed E-state index contributed by atoms with van der Waals surface area (Å²) >= 11 is 0. The third-order valence-electron chi connectivity index (χ3n) is 3.64.